The fourth-order valence-electron chi connectivity index (χ4n) is 5.05. The Morgan fingerprint density at radius 2 is 1.57 bits per heavy atom. The third-order valence-electron chi connectivity index (χ3n) is 6.57. The minimum Gasteiger partial charge on any atom is -0.354 e. The SMILES string of the molecule is c1ccc(CCCN2CCCC2Cc2c(-c3ccccc3)[nH]c3ccccc23)cc1. The van der Waals surface area contributed by atoms with Crippen LogP contribution < -0.4 is 0 Å². The van der Waals surface area contributed by atoms with Crippen LogP contribution >= 0.6 is 0 Å². The van der Waals surface area contributed by atoms with Gasteiger partial charge in [0, 0.05) is 22.6 Å². The van der Waals surface area contributed by atoms with E-state index in [4.69, 9.17) is 0 Å². The fraction of sp³-hybridized carbons (Fsp3) is 0.286. The number of benzene rings is 3. The number of aromatic nitrogens is 1. The molecule has 0 saturated carbocycles. The Hall–Kier alpha value is -2.84. The predicted octanol–water partition coefficient (Wildman–Crippen LogP) is 6.47. The molecule has 0 bridgehead atoms. The van der Waals surface area contributed by atoms with Crippen molar-refractivity contribution in [2.45, 2.75) is 38.1 Å². The molecule has 1 unspecified atom stereocenters. The number of hydrogen-bond donors (Lipinski definition) is 1. The van der Waals surface area contributed by atoms with Crippen LogP contribution in [-0.2, 0) is 12.8 Å². The fourth-order valence-corrected chi connectivity index (χ4v) is 5.05. The highest BCUT2D eigenvalue weighted by atomic mass is 15.2. The van der Waals surface area contributed by atoms with Crippen molar-refractivity contribution < 1.29 is 0 Å². The molecule has 30 heavy (non-hydrogen) atoms. The van der Waals surface area contributed by atoms with Crippen LogP contribution in [0, 0.1) is 0 Å². The van der Waals surface area contributed by atoms with Crippen molar-refractivity contribution >= 4 is 10.9 Å². The van der Waals surface area contributed by atoms with E-state index in [1.165, 1.54) is 72.1 Å². The first-order valence-electron chi connectivity index (χ1n) is 11.3. The smallest absolute Gasteiger partial charge is 0.0497 e. The number of aryl methyl sites for hydroxylation is 1. The maximum atomic E-state index is 3.72. The summed E-state index contributed by atoms with van der Waals surface area (Å²) in [6.45, 7) is 2.44. The van der Waals surface area contributed by atoms with Gasteiger partial charge in [0.2, 0.25) is 0 Å². The quantitative estimate of drug-likeness (QED) is 0.380. The Morgan fingerprint density at radius 3 is 2.40 bits per heavy atom. The number of likely N-dealkylation sites (tertiary alicyclic amines) is 1. The molecule has 1 fully saturated rings. The van der Waals surface area contributed by atoms with Gasteiger partial charge < -0.3 is 9.88 Å². The summed E-state index contributed by atoms with van der Waals surface area (Å²) in [5.74, 6) is 0. The predicted molar refractivity (Wildman–Crippen MR) is 127 cm³/mol. The van der Waals surface area contributed by atoms with Crippen LogP contribution in [0.4, 0.5) is 0 Å². The molecule has 1 saturated heterocycles. The van der Waals surface area contributed by atoms with Gasteiger partial charge in [-0.15, -0.1) is 0 Å². The Morgan fingerprint density at radius 1 is 0.833 bits per heavy atom. The van der Waals surface area contributed by atoms with Crippen molar-refractivity contribution in [1.82, 2.24) is 9.88 Å². The average molecular weight is 395 g/mol. The van der Waals surface area contributed by atoms with Gasteiger partial charge >= 0.3 is 0 Å². The molecule has 1 N–H and O–H groups in total. The number of H-pyrrole nitrogens is 1. The molecule has 2 heteroatoms. The minimum atomic E-state index is 0.641. The molecule has 1 aliphatic heterocycles. The monoisotopic (exact) mass is 394 g/mol. The number of para-hydroxylation sites is 1. The molecule has 4 aromatic rings. The van der Waals surface area contributed by atoms with E-state index in [1.54, 1.807) is 0 Å². The molecule has 0 spiro atoms. The third kappa shape index (κ3) is 4.06. The number of nitrogens with zero attached hydrogens (tertiary/aromatic N) is 1. The van der Waals surface area contributed by atoms with E-state index in [2.05, 4.69) is 94.8 Å². The van der Waals surface area contributed by atoms with E-state index in [0.29, 0.717) is 6.04 Å². The first-order valence-corrected chi connectivity index (χ1v) is 11.3. The molecule has 1 aliphatic rings. The maximum Gasteiger partial charge on any atom is 0.0497 e. The van der Waals surface area contributed by atoms with Gasteiger partial charge in [0.1, 0.15) is 0 Å². The Labute approximate surface area is 179 Å². The molecule has 0 amide bonds. The first-order chi connectivity index (χ1) is 14.9. The molecule has 1 aromatic heterocycles. The normalized spacial score (nSPS) is 17.0. The number of hydrogen-bond acceptors (Lipinski definition) is 1. The van der Waals surface area contributed by atoms with Crippen molar-refractivity contribution in [3.8, 4) is 11.3 Å². The highest BCUT2D eigenvalue weighted by Crippen LogP contribution is 2.33. The summed E-state index contributed by atoms with van der Waals surface area (Å²) < 4.78 is 0. The largest absolute Gasteiger partial charge is 0.354 e. The Balaban J connectivity index is 1.35. The van der Waals surface area contributed by atoms with Crippen molar-refractivity contribution in [3.05, 3.63) is 96.1 Å². The van der Waals surface area contributed by atoms with E-state index in [-0.39, 0.29) is 0 Å². The van der Waals surface area contributed by atoms with Gasteiger partial charge in [-0.05, 0) is 68.0 Å². The summed E-state index contributed by atoms with van der Waals surface area (Å²) in [6, 6.07) is 31.1. The lowest BCUT2D eigenvalue weighted by Crippen LogP contribution is -2.32. The third-order valence-corrected chi connectivity index (χ3v) is 6.57. The topological polar surface area (TPSA) is 19.0 Å². The second kappa shape index (κ2) is 8.89. The second-order valence-corrected chi connectivity index (χ2v) is 8.52. The first kappa shape index (κ1) is 19.1. The zero-order valence-electron chi connectivity index (χ0n) is 17.6. The molecule has 5 rings (SSSR count). The van der Waals surface area contributed by atoms with E-state index in [0.717, 1.165) is 6.42 Å². The lowest BCUT2D eigenvalue weighted by atomic mass is 9.97. The summed E-state index contributed by atoms with van der Waals surface area (Å²) >= 11 is 0. The summed E-state index contributed by atoms with van der Waals surface area (Å²) in [4.78, 5) is 6.45. The van der Waals surface area contributed by atoms with Crippen molar-refractivity contribution in [2.75, 3.05) is 13.1 Å². The lowest BCUT2D eigenvalue weighted by Gasteiger charge is -2.25. The van der Waals surface area contributed by atoms with Crippen molar-refractivity contribution in [3.63, 3.8) is 0 Å². The maximum absolute atomic E-state index is 3.72. The van der Waals surface area contributed by atoms with Crippen LogP contribution in [0.5, 0.6) is 0 Å². The average Bonchev–Trinajstić information content (AvgIpc) is 3.40. The molecule has 0 aliphatic carbocycles. The standard InChI is InChI=1S/C28H30N2/c1-3-11-22(12-4-1)13-9-19-30-20-10-16-24(30)21-26-25-17-7-8-18-27(25)29-28(26)23-14-5-2-6-15-23/h1-8,11-12,14-15,17-18,24,29H,9-10,13,16,19-21H2. The van der Waals surface area contributed by atoms with Crippen LogP contribution in [0.25, 0.3) is 22.2 Å². The van der Waals surface area contributed by atoms with Gasteiger partial charge in [0.25, 0.3) is 0 Å². The van der Waals surface area contributed by atoms with E-state index in [1.807, 2.05) is 0 Å². The van der Waals surface area contributed by atoms with Crippen LogP contribution in [0.1, 0.15) is 30.4 Å². The van der Waals surface area contributed by atoms with Gasteiger partial charge in [-0.3, -0.25) is 0 Å². The van der Waals surface area contributed by atoms with E-state index >= 15 is 0 Å². The molecule has 2 nitrogen and oxygen atoms in total. The van der Waals surface area contributed by atoms with Crippen LogP contribution in [-0.4, -0.2) is 29.0 Å². The lowest BCUT2D eigenvalue weighted by molar-refractivity contribution is 0.250. The van der Waals surface area contributed by atoms with Crippen molar-refractivity contribution in [2.24, 2.45) is 0 Å². The highest BCUT2D eigenvalue weighted by molar-refractivity contribution is 5.90. The van der Waals surface area contributed by atoms with Gasteiger partial charge in [-0.25, -0.2) is 0 Å². The Kier molecular flexibility index (Phi) is 5.67. The van der Waals surface area contributed by atoms with Crippen molar-refractivity contribution in [1.29, 1.82) is 0 Å². The Bertz CT molecular complexity index is 1080. The summed E-state index contributed by atoms with van der Waals surface area (Å²) in [5, 5.41) is 1.38. The van der Waals surface area contributed by atoms with Gasteiger partial charge in [-0.1, -0.05) is 78.9 Å². The van der Waals surface area contributed by atoms with E-state index in [9.17, 15) is 0 Å². The minimum absolute atomic E-state index is 0.641. The van der Waals surface area contributed by atoms with Gasteiger partial charge in [0.05, 0.1) is 0 Å². The molecular weight excluding hydrogens is 364 g/mol. The van der Waals surface area contributed by atoms with Crippen LogP contribution in [0.2, 0.25) is 0 Å². The van der Waals surface area contributed by atoms with Gasteiger partial charge in [0.15, 0.2) is 0 Å². The molecule has 1 atom stereocenters. The van der Waals surface area contributed by atoms with Crippen LogP contribution in [0.3, 0.4) is 0 Å². The summed E-state index contributed by atoms with van der Waals surface area (Å²) in [6.07, 6.45) is 6.16. The van der Waals surface area contributed by atoms with Crippen LogP contribution in [0.15, 0.2) is 84.9 Å². The molecule has 2 heterocycles. The number of nitrogens with one attached hydrogen (secondary N) is 1. The zero-order valence-corrected chi connectivity index (χ0v) is 17.6. The zero-order chi connectivity index (χ0) is 20.2. The molecule has 152 valence electrons. The highest BCUT2D eigenvalue weighted by Gasteiger charge is 2.26. The molecular formula is C28H30N2. The molecule has 0 radical (unpaired) electrons. The van der Waals surface area contributed by atoms with E-state index < -0.39 is 0 Å². The second-order valence-electron chi connectivity index (χ2n) is 8.52. The summed E-state index contributed by atoms with van der Waals surface area (Å²) in [5.41, 5.74) is 6.78. The number of rotatable bonds is 7. The number of fused-ring (bicyclic) bond motifs is 1. The summed E-state index contributed by atoms with van der Waals surface area (Å²) in [7, 11) is 0. The number of aromatic amines is 1. The molecule has 3 aromatic carbocycles. The van der Waals surface area contributed by atoms with Gasteiger partial charge in [-0.2, -0.15) is 0 Å².